The van der Waals surface area contributed by atoms with Crippen LogP contribution in [-0.2, 0) is 37.5 Å². The Hall–Kier alpha value is -3.34. The van der Waals surface area contributed by atoms with E-state index in [-0.39, 0.29) is 12.8 Å². The smallest absolute Gasteiger partial charge is 0.472 e. The standard InChI is InChI=1S/C50H84NO10P/c1-3-5-7-9-11-13-15-17-19-21-22-23-24-26-28-30-32-34-36-38-40-42-49(53)61-46(44-59-62(56,57)60-45-47(51)50(54)55)43-58-48(52)41-39-37-35-33-31-29-27-25-20-18-16-14-12-10-8-6-4-2/h18-21,23-24,27-30,33-36,46-47H,3-17,22,25-26,31-32,37-45,51H2,1-2H3,(H,54,55)(H,56,57)/b20-18+,21-19+,24-23+,29-27+,30-28+,35-33+,36-34+/t46-,47+/m1/s1. The van der Waals surface area contributed by atoms with Gasteiger partial charge in [-0.15, -0.1) is 0 Å². The highest BCUT2D eigenvalue weighted by Gasteiger charge is 2.28. The highest BCUT2D eigenvalue weighted by atomic mass is 31.2. The number of phosphoric acid groups is 1. The maximum atomic E-state index is 12.6. The third-order valence-electron chi connectivity index (χ3n) is 9.62. The van der Waals surface area contributed by atoms with E-state index in [4.69, 9.17) is 24.8 Å². The summed E-state index contributed by atoms with van der Waals surface area (Å²) < 4.78 is 32.6. The quantitative estimate of drug-likeness (QED) is 0.0230. The zero-order chi connectivity index (χ0) is 45.6. The van der Waals surface area contributed by atoms with E-state index in [2.05, 4.69) is 85.2 Å². The lowest BCUT2D eigenvalue weighted by molar-refractivity contribution is -0.161. The first-order chi connectivity index (χ1) is 30.1. The SMILES string of the molecule is CCCCCCCC/C=C/C/C=C/C/C=C/CCCC(=O)OC[C@H](COP(=O)(O)OC[C@H](N)C(=O)O)OC(=O)CCC/C=C/C/C=C/C/C=C/C/C=C/CCCCCCCCC. The largest absolute Gasteiger partial charge is 0.480 e. The Kier molecular flexibility index (Phi) is 41.9. The van der Waals surface area contributed by atoms with Crippen LogP contribution in [0.2, 0.25) is 0 Å². The molecular weight excluding hydrogens is 806 g/mol. The summed E-state index contributed by atoms with van der Waals surface area (Å²) in [6.07, 6.45) is 55.2. The predicted molar refractivity (Wildman–Crippen MR) is 254 cm³/mol. The molecule has 0 heterocycles. The minimum atomic E-state index is -4.75. The van der Waals surface area contributed by atoms with E-state index < -0.39 is 57.7 Å². The van der Waals surface area contributed by atoms with E-state index in [1.807, 2.05) is 18.2 Å². The van der Waals surface area contributed by atoms with Gasteiger partial charge in [0.2, 0.25) is 0 Å². The first-order valence-corrected chi connectivity index (χ1v) is 25.1. The van der Waals surface area contributed by atoms with Gasteiger partial charge in [-0.25, -0.2) is 4.57 Å². The third-order valence-corrected chi connectivity index (χ3v) is 10.6. The van der Waals surface area contributed by atoms with Crippen molar-refractivity contribution in [2.75, 3.05) is 19.8 Å². The Labute approximate surface area is 375 Å². The van der Waals surface area contributed by atoms with Gasteiger partial charge in [0.25, 0.3) is 0 Å². The lowest BCUT2D eigenvalue weighted by Gasteiger charge is -2.20. The highest BCUT2D eigenvalue weighted by Crippen LogP contribution is 2.43. The molecule has 0 aromatic heterocycles. The molecule has 12 heteroatoms. The zero-order valence-electron chi connectivity index (χ0n) is 38.4. The summed E-state index contributed by atoms with van der Waals surface area (Å²) in [4.78, 5) is 46.0. The van der Waals surface area contributed by atoms with E-state index in [0.29, 0.717) is 25.7 Å². The van der Waals surface area contributed by atoms with E-state index in [0.717, 1.165) is 44.9 Å². The first kappa shape index (κ1) is 58.7. The molecule has 0 radical (unpaired) electrons. The van der Waals surface area contributed by atoms with Gasteiger partial charge >= 0.3 is 25.7 Å². The number of nitrogens with two attached hydrogens (primary N) is 1. The number of carbonyl (C=O) groups is 3. The fraction of sp³-hybridized carbons (Fsp3) is 0.660. The molecule has 0 saturated carbocycles. The van der Waals surface area contributed by atoms with Gasteiger partial charge < -0.3 is 25.2 Å². The van der Waals surface area contributed by atoms with E-state index in [1.165, 1.54) is 83.5 Å². The molecule has 0 rings (SSSR count). The van der Waals surface area contributed by atoms with Crippen LogP contribution in [0.4, 0.5) is 0 Å². The summed E-state index contributed by atoms with van der Waals surface area (Å²) in [6, 6.07) is -1.54. The van der Waals surface area contributed by atoms with Gasteiger partial charge in [-0.1, -0.05) is 170 Å². The van der Waals surface area contributed by atoms with Crippen molar-refractivity contribution in [1.29, 1.82) is 0 Å². The Morgan fingerprint density at radius 3 is 1.27 bits per heavy atom. The van der Waals surface area contributed by atoms with Crippen LogP contribution >= 0.6 is 7.82 Å². The fourth-order valence-electron chi connectivity index (χ4n) is 5.90. The van der Waals surface area contributed by atoms with Gasteiger partial charge in [0.15, 0.2) is 6.10 Å². The lowest BCUT2D eigenvalue weighted by atomic mass is 10.1. The number of ether oxygens (including phenoxy) is 2. The van der Waals surface area contributed by atoms with E-state index >= 15 is 0 Å². The molecule has 62 heavy (non-hydrogen) atoms. The Morgan fingerprint density at radius 2 is 0.855 bits per heavy atom. The second-order valence-electron chi connectivity index (χ2n) is 15.5. The average molecular weight is 890 g/mol. The summed E-state index contributed by atoms with van der Waals surface area (Å²) in [5.41, 5.74) is 5.33. The Morgan fingerprint density at radius 1 is 0.500 bits per heavy atom. The predicted octanol–water partition coefficient (Wildman–Crippen LogP) is 13.1. The maximum absolute atomic E-state index is 12.6. The molecule has 0 aliphatic rings. The van der Waals surface area contributed by atoms with Crippen LogP contribution in [0.5, 0.6) is 0 Å². The second kappa shape index (κ2) is 44.3. The summed E-state index contributed by atoms with van der Waals surface area (Å²) in [5, 5.41) is 8.90. The van der Waals surface area contributed by atoms with Crippen molar-refractivity contribution in [1.82, 2.24) is 0 Å². The van der Waals surface area contributed by atoms with Crippen molar-refractivity contribution in [3.8, 4) is 0 Å². The molecule has 0 spiro atoms. The van der Waals surface area contributed by atoms with Gasteiger partial charge in [-0.2, -0.15) is 0 Å². The Balaban J connectivity index is 4.51. The number of hydrogen-bond donors (Lipinski definition) is 3. The summed E-state index contributed by atoms with van der Waals surface area (Å²) in [6.45, 7) is 2.68. The number of esters is 2. The molecule has 4 N–H and O–H groups in total. The zero-order valence-corrected chi connectivity index (χ0v) is 39.3. The molecule has 0 aromatic carbocycles. The lowest BCUT2D eigenvalue weighted by Crippen LogP contribution is -2.34. The number of phosphoric ester groups is 1. The molecule has 0 aliphatic heterocycles. The van der Waals surface area contributed by atoms with Crippen molar-refractivity contribution in [2.24, 2.45) is 5.73 Å². The third kappa shape index (κ3) is 43.3. The normalized spacial score (nSPS) is 14.4. The van der Waals surface area contributed by atoms with Crippen molar-refractivity contribution in [2.45, 2.75) is 193 Å². The topological polar surface area (TPSA) is 172 Å². The monoisotopic (exact) mass is 890 g/mol. The number of unbranched alkanes of at least 4 members (excludes halogenated alkanes) is 15. The minimum absolute atomic E-state index is 0.0706. The Bertz CT molecular complexity index is 1370. The fourth-order valence-corrected chi connectivity index (χ4v) is 6.67. The van der Waals surface area contributed by atoms with Crippen LogP contribution in [-0.4, -0.2) is 59.9 Å². The van der Waals surface area contributed by atoms with Crippen LogP contribution in [0.15, 0.2) is 85.1 Å². The van der Waals surface area contributed by atoms with Gasteiger partial charge in [0, 0.05) is 12.8 Å². The van der Waals surface area contributed by atoms with E-state index in [9.17, 15) is 23.8 Å². The minimum Gasteiger partial charge on any atom is -0.480 e. The number of allylic oxidation sites excluding steroid dienone is 14. The average Bonchev–Trinajstić information content (AvgIpc) is 3.25. The molecule has 0 aliphatic carbocycles. The van der Waals surface area contributed by atoms with Crippen LogP contribution in [0.25, 0.3) is 0 Å². The summed E-state index contributed by atoms with van der Waals surface area (Å²) in [5.74, 6) is -2.53. The number of carboxylic acids is 1. The second-order valence-corrected chi connectivity index (χ2v) is 17.0. The molecule has 3 atom stereocenters. The number of rotatable bonds is 43. The molecule has 354 valence electrons. The van der Waals surface area contributed by atoms with Crippen molar-refractivity contribution in [3.63, 3.8) is 0 Å². The summed E-state index contributed by atoms with van der Waals surface area (Å²) in [7, 11) is -4.75. The van der Waals surface area contributed by atoms with Gasteiger partial charge in [0.05, 0.1) is 13.2 Å². The van der Waals surface area contributed by atoms with E-state index in [1.54, 1.807) is 0 Å². The molecule has 0 fully saturated rings. The van der Waals surface area contributed by atoms with Crippen LogP contribution in [0, 0.1) is 0 Å². The van der Waals surface area contributed by atoms with Gasteiger partial charge in [-0.05, 0) is 83.5 Å². The number of carboxylic acid groups (broad SMARTS) is 1. The van der Waals surface area contributed by atoms with Gasteiger partial charge in [0.1, 0.15) is 12.6 Å². The van der Waals surface area contributed by atoms with Gasteiger partial charge in [-0.3, -0.25) is 23.4 Å². The van der Waals surface area contributed by atoms with Crippen LogP contribution in [0.3, 0.4) is 0 Å². The molecule has 1 unspecified atom stereocenters. The number of hydrogen-bond acceptors (Lipinski definition) is 9. The molecule has 11 nitrogen and oxygen atoms in total. The maximum Gasteiger partial charge on any atom is 0.472 e. The first-order valence-electron chi connectivity index (χ1n) is 23.6. The molecule has 0 amide bonds. The van der Waals surface area contributed by atoms with Crippen molar-refractivity contribution < 1.29 is 47.5 Å². The number of carbonyl (C=O) groups excluding carboxylic acids is 2. The molecule has 0 saturated heterocycles. The summed E-state index contributed by atoms with van der Waals surface area (Å²) >= 11 is 0. The molecule has 0 aromatic rings. The molecular formula is C50H84NO10P. The highest BCUT2D eigenvalue weighted by molar-refractivity contribution is 7.47. The van der Waals surface area contributed by atoms with Crippen molar-refractivity contribution >= 4 is 25.7 Å². The molecule has 0 bridgehead atoms. The van der Waals surface area contributed by atoms with Crippen molar-refractivity contribution in [3.05, 3.63) is 85.1 Å². The van der Waals surface area contributed by atoms with Crippen LogP contribution in [0.1, 0.15) is 181 Å². The number of aliphatic carboxylic acids is 1. The van der Waals surface area contributed by atoms with Crippen LogP contribution < -0.4 is 5.73 Å².